The van der Waals surface area contributed by atoms with E-state index in [1.165, 1.54) is 18.5 Å². The summed E-state index contributed by atoms with van der Waals surface area (Å²) in [4.78, 5) is 8.58. The van der Waals surface area contributed by atoms with Gasteiger partial charge in [-0.3, -0.25) is 0 Å². The first kappa shape index (κ1) is 18.2. The maximum Gasteiger partial charge on any atom is 0.162 e. The third kappa shape index (κ3) is 3.96. The zero-order valence-corrected chi connectivity index (χ0v) is 15.7. The van der Waals surface area contributed by atoms with Crippen LogP contribution in [0, 0.1) is 5.82 Å². The maximum absolute atomic E-state index is 13.4. The van der Waals surface area contributed by atoms with E-state index in [1.807, 2.05) is 26.8 Å². The molecular formula is C19H19ClFN3O2. The third-order valence-electron chi connectivity index (χ3n) is 3.52. The van der Waals surface area contributed by atoms with E-state index in [2.05, 4.69) is 15.3 Å². The van der Waals surface area contributed by atoms with Crippen molar-refractivity contribution in [3.05, 3.63) is 47.5 Å². The maximum atomic E-state index is 13.4. The molecule has 1 N–H and O–H groups in total. The summed E-state index contributed by atoms with van der Waals surface area (Å²) in [5.41, 5.74) is 0.911. The van der Waals surface area contributed by atoms with E-state index in [9.17, 15) is 4.39 Å². The van der Waals surface area contributed by atoms with Gasteiger partial charge < -0.3 is 14.8 Å². The number of aromatic nitrogens is 2. The Labute approximate surface area is 156 Å². The lowest BCUT2D eigenvalue weighted by molar-refractivity contribution is 0.126. The van der Waals surface area contributed by atoms with Crippen molar-refractivity contribution < 1.29 is 13.9 Å². The zero-order chi connectivity index (χ0) is 18.9. The SMILES string of the molecule is COc1cc2ncnc(Nc3ccc(F)c(Cl)c3)c2cc1OC(C)(C)C. The Morgan fingerprint density at radius 1 is 1.08 bits per heavy atom. The predicted octanol–water partition coefficient (Wildman–Crippen LogP) is 5.35. The molecule has 0 radical (unpaired) electrons. The zero-order valence-electron chi connectivity index (χ0n) is 14.9. The Morgan fingerprint density at radius 2 is 1.85 bits per heavy atom. The molecule has 0 aliphatic carbocycles. The van der Waals surface area contributed by atoms with Crippen molar-refractivity contribution in [2.45, 2.75) is 26.4 Å². The Hall–Kier alpha value is -2.60. The minimum atomic E-state index is -0.477. The van der Waals surface area contributed by atoms with Gasteiger partial charge in [0.25, 0.3) is 0 Å². The van der Waals surface area contributed by atoms with Gasteiger partial charge in [0.05, 0.1) is 17.6 Å². The van der Waals surface area contributed by atoms with Crippen LogP contribution in [-0.2, 0) is 0 Å². The minimum Gasteiger partial charge on any atom is -0.493 e. The number of fused-ring (bicyclic) bond motifs is 1. The first-order valence-electron chi connectivity index (χ1n) is 8.00. The molecule has 2 aromatic carbocycles. The van der Waals surface area contributed by atoms with E-state index in [1.54, 1.807) is 19.2 Å². The number of benzene rings is 2. The lowest BCUT2D eigenvalue weighted by atomic mass is 10.1. The minimum absolute atomic E-state index is 0.0341. The number of methoxy groups -OCH3 is 1. The molecule has 7 heteroatoms. The molecular weight excluding hydrogens is 357 g/mol. The summed E-state index contributed by atoms with van der Waals surface area (Å²) in [5, 5.41) is 3.92. The van der Waals surface area contributed by atoms with Gasteiger partial charge in [-0.05, 0) is 45.0 Å². The number of ether oxygens (including phenoxy) is 2. The standard InChI is InChI=1S/C19H19ClFN3O2/c1-19(2,3)26-17-8-12-15(9-16(17)25-4)22-10-23-18(12)24-11-5-6-14(21)13(20)7-11/h5-10H,1-4H3,(H,22,23,24). The summed E-state index contributed by atoms with van der Waals surface area (Å²) >= 11 is 5.85. The van der Waals surface area contributed by atoms with E-state index >= 15 is 0 Å². The highest BCUT2D eigenvalue weighted by atomic mass is 35.5. The second kappa shape index (κ2) is 6.96. The Bertz CT molecular complexity index is 957. The van der Waals surface area contributed by atoms with Gasteiger partial charge >= 0.3 is 0 Å². The van der Waals surface area contributed by atoms with Crippen molar-refractivity contribution in [3.63, 3.8) is 0 Å². The largest absolute Gasteiger partial charge is 0.493 e. The quantitative estimate of drug-likeness (QED) is 0.666. The number of nitrogens with zero attached hydrogens (tertiary/aromatic N) is 2. The molecule has 136 valence electrons. The van der Waals surface area contributed by atoms with Crippen molar-refractivity contribution in [2.24, 2.45) is 0 Å². The van der Waals surface area contributed by atoms with E-state index in [0.717, 1.165) is 5.39 Å². The molecule has 0 unspecified atom stereocenters. The summed E-state index contributed by atoms with van der Waals surface area (Å²) in [6.45, 7) is 5.87. The molecule has 1 aromatic heterocycles. The highest BCUT2D eigenvalue weighted by molar-refractivity contribution is 6.31. The Morgan fingerprint density at radius 3 is 2.50 bits per heavy atom. The molecule has 0 bridgehead atoms. The first-order chi connectivity index (χ1) is 12.3. The summed E-state index contributed by atoms with van der Waals surface area (Å²) in [5.74, 6) is 1.25. The highest BCUT2D eigenvalue weighted by Gasteiger charge is 2.18. The van der Waals surface area contributed by atoms with Crippen molar-refractivity contribution in [1.29, 1.82) is 0 Å². The van der Waals surface area contributed by atoms with Crippen LogP contribution in [0.1, 0.15) is 20.8 Å². The lowest BCUT2D eigenvalue weighted by Crippen LogP contribution is -2.23. The molecule has 1 heterocycles. The fraction of sp³-hybridized carbons (Fsp3) is 0.263. The first-order valence-corrected chi connectivity index (χ1v) is 8.38. The van der Waals surface area contributed by atoms with Gasteiger partial charge in [-0.2, -0.15) is 0 Å². The van der Waals surface area contributed by atoms with Gasteiger partial charge in [0.15, 0.2) is 11.5 Å². The number of hydrogen-bond acceptors (Lipinski definition) is 5. The molecule has 0 amide bonds. The topological polar surface area (TPSA) is 56.3 Å². The Kier molecular flexibility index (Phi) is 4.87. The number of anilines is 2. The van der Waals surface area contributed by atoms with Crippen LogP contribution in [-0.4, -0.2) is 22.7 Å². The third-order valence-corrected chi connectivity index (χ3v) is 3.81. The molecule has 0 spiro atoms. The van der Waals surface area contributed by atoms with Crippen LogP contribution in [0.3, 0.4) is 0 Å². The van der Waals surface area contributed by atoms with Crippen LogP contribution in [0.4, 0.5) is 15.9 Å². The second-order valence-corrected chi connectivity index (χ2v) is 7.12. The average Bonchev–Trinajstić information content (AvgIpc) is 2.57. The average molecular weight is 376 g/mol. The van der Waals surface area contributed by atoms with E-state index in [0.29, 0.717) is 28.5 Å². The van der Waals surface area contributed by atoms with Crippen LogP contribution in [0.5, 0.6) is 11.5 Å². The molecule has 3 rings (SSSR count). The van der Waals surface area contributed by atoms with Crippen molar-refractivity contribution in [2.75, 3.05) is 12.4 Å². The monoisotopic (exact) mass is 375 g/mol. The molecule has 0 aliphatic rings. The van der Waals surface area contributed by atoms with E-state index < -0.39 is 11.4 Å². The van der Waals surface area contributed by atoms with E-state index in [-0.39, 0.29) is 5.02 Å². The van der Waals surface area contributed by atoms with Gasteiger partial charge in [-0.15, -0.1) is 0 Å². The van der Waals surface area contributed by atoms with Gasteiger partial charge in [-0.25, -0.2) is 14.4 Å². The second-order valence-electron chi connectivity index (χ2n) is 6.71. The van der Waals surface area contributed by atoms with E-state index in [4.69, 9.17) is 21.1 Å². The van der Waals surface area contributed by atoms with Crippen LogP contribution in [0.15, 0.2) is 36.7 Å². The number of hydrogen-bond donors (Lipinski definition) is 1. The number of halogens is 2. The lowest BCUT2D eigenvalue weighted by Gasteiger charge is -2.23. The summed E-state index contributed by atoms with van der Waals surface area (Å²) in [6, 6.07) is 8.01. The summed E-state index contributed by atoms with van der Waals surface area (Å²) < 4.78 is 24.8. The van der Waals surface area contributed by atoms with Crippen molar-refractivity contribution >= 4 is 34.0 Å². The molecule has 0 saturated heterocycles. The summed E-state index contributed by atoms with van der Waals surface area (Å²) in [7, 11) is 1.58. The molecule has 5 nitrogen and oxygen atoms in total. The van der Waals surface area contributed by atoms with Crippen LogP contribution in [0.25, 0.3) is 10.9 Å². The number of nitrogens with one attached hydrogen (secondary N) is 1. The number of rotatable bonds is 4. The van der Waals surface area contributed by atoms with Gasteiger partial charge in [0.1, 0.15) is 23.6 Å². The van der Waals surface area contributed by atoms with Crippen molar-refractivity contribution in [3.8, 4) is 11.5 Å². The molecule has 0 saturated carbocycles. The van der Waals surface area contributed by atoms with Gasteiger partial charge in [-0.1, -0.05) is 11.6 Å². The fourth-order valence-corrected chi connectivity index (χ4v) is 2.62. The van der Waals surface area contributed by atoms with Crippen molar-refractivity contribution in [1.82, 2.24) is 9.97 Å². The van der Waals surface area contributed by atoms with Crippen LogP contribution >= 0.6 is 11.6 Å². The normalized spacial score (nSPS) is 11.5. The predicted molar refractivity (Wildman–Crippen MR) is 101 cm³/mol. The Balaban J connectivity index is 2.07. The van der Waals surface area contributed by atoms with Gasteiger partial charge in [0, 0.05) is 17.1 Å². The van der Waals surface area contributed by atoms with Gasteiger partial charge in [0.2, 0.25) is 0 Å². The summed E-state index contributed by atoms with van der Waals surface area (Å²) in [6.07, 6.45) is 1.44. The molecule has 3 aromatic rings. The molecule has 26 heavy (non-hydrogen) atoms. The fourth-order valence-electron chi connectivity index (χ4n) is 2.44. The van der Waals surface area contributed by atoms with Crippen LogP contribution < -0.4 is 14.8 Å². The smallest absolute Gasteiger partial charge is 0.162 e. The molecule has 0 atom stereocenters. The highest BCUT2D eigenvalue weighted by Crippen LogP contribution is 2.36. The van der Waals surface area contributed by atoms with Crippen LogP contribution in [0.2, 0.25) is 5.02 Å². The molecule has 0 aliphatic heterocycles. The molecule has 0 fully saturated rings.